The van der Waals surface area contributed by atoms with Crippen LogP contribution in [0, 0.1) is 28.6 Å². The van der Waals surface area contributed by atoms with Gasteiger partial charge in [0.15, 0.2) is 0 Å². The average molecular weight is 286 g/mol. The molecule has 4 aliphatic carbocycles. The number of allylic oxidation sites excluding steroid dienone is 2. The zero-order chi connectivity index (χ0) is 14.8. The van der Waals surface area contributed by atoms with Crippen molar-refractivity contribution in [2.24, 2.45) is 28.6 Å². The molecular formula is C19H26O2. The zero-order valence-electron chi connectivity index (χ0n) is 13.3. The van der Waals surface area contributed by atoms with Gasteiger partial charge in [0.1, 0.15) is 11.6 Å². The highest BCUT2D eigenvalue weighted by atomic mass is 16.1. The van der Waals surface area contributed by atoms with E-state index in [9.17, 15) is 9.59 Å². The number of ketones is 2. The predicted molar refractivity (Wildman–Crippen MR) is 81.7 cm³/mol. The molecule has 4 aliphatic rings. The number of Topliss-reactive ketones (excluding diaryl/α,β-unsaturated/α-hetero) is 2. The van der Waals surface area contributed by atoms with Crippen molar-refractivity contribution in [3.05, 3.63) is 11.6 Å². The maximum Gasteiger partial charge on any atom is 0.139 e. The van der Waals surface area contributed by atoms with Crippen molar-refractivity contribution >= 4 is 11.6 Å². The summed E-state index contributed by atoms with van der Waals surface area (Å²) < 4.78 is 0. The largest absolute Gasteiger partial charge is 0.300 e. The monoisotopic (exact) mass is 286 g/mol. The molecule has 0 N–H and O–H groups in total. The van der Waals surface area contributed by atoms with E-state index >= 15 is 0 Å². The van der Waals surface area contributed by atoms with E-state index in [2.05, 4.69) is 19.9 Å². The minimum Gasteiger partial charge on any atom is -0.300 e. The highest BCUT2D eigenvalue weighted by Gasteiger charge is 2.56. The first-order valence-electron chi connectivity index (χ1n) is 8.71. The number of rotatable bonds is 0. The molecule has 0 saturated heterocycles. The first-order valence-corrected chi connectivity index (χ1v) is 8.71. The van der Waals surface area contributed by atoms with Crippen LogP contribution in [-0.2, 0) is 9.59 Å². The summed E-state index contributed by atoms with van der Waals surface area (Å²) in [4.78, 5) is 24.2. The molecule has 0 aromatic rings. The molecule has 3 saturated carbocycles. The van der Waals surface area contributed by atoms with Gasteiger partial charge in [0.2, 0.25) is 0 Å². The molecule has 2 heteroatoms. The van der Waals surface area contributed by atoms with Crippen molar-refractivity contribution in [1.29, 1.82) is 0 Å². The summed E-state index contributed by atoms with van der Waals surface area (Å²) in [5.74, 6) is 2.70. The minimum absolute atomic E-state index is 0.0815. The summed E-state index contributed by atoms with van der Waals surface area (Å²) in [6.45, 7) is 4.61. The third-order valence-electron chi connectivity index (χ3n) is 7.55. The number of hydrogen-bond donors (Lipinski definition) is 0. The predicted octanol–water partition coefficient (Wildman–Crippen LogP) is 4.09. The van der Waals surface area contributed by atoms with Crippen LogP contribution in [0.15, 0.2) is 11.6 Å². The molecule has 3 fully saturated rings. The van der Waals surface area contributed by atoms with E-state index < -0.39 is 0 Å². The standard InChI is InChI=1S/C19H26O2/c1-18-9-7-13(20)11-12(18)3-4-14-15-5-6-17(21)19(15,2)10-8-16(14)18/h8,12,14-15H,3-7,9-11H2,1-2H3/t12-,14+,15+,18+,19+/m1/s1. The quantitative estimate of drug-likeness (QED) is 0.629. The lowest BCUT2D eigenvalue weighted by Crippen LogP contribution is -2.48. The van der Waals surface area contributed by atoms with Gasteiger partial charge in [0, 0.05) is 24.7 Å². The maximum atomic E-state index is 12.3. The average Bonchev–Trinajstić information content (AvgIpc) is 2.76. The molecular weight excluding hydrogens is 260 g/mol. The number of hydrogen-bond acceptors (Lipinski definition) is 2. The Balaban J connectivity index is 1.72. The summed E-state index contributed by atoms with van der Waals surface area (Å²) in [5.41, 5.74) is 1.79. The van der Waals surface area contributed by atoms with Gasteiger partial charge < -0.3 is 0 Å². The molecule has 0 heterocycles. The van der Waals surface area contributed by atoms with Gasteiger partial charge >= 0.3 is 0 Å². The SMILES string of the molecule is C[C@]12CCC(=O)C[C@H]1CC[C@@H]1C2=CC[C@]2(C)C(=O)CC[C@@H]12. The second-order valence-corrected chi connectivity index (χ2v) is 8.39. The smallest absolute Gasteiger partial charge is 0.139 e. The van der Waals surface area contributed by atoms with Crippen LogP contribution < -0.4 is 0 Å². The Morgan fingerprint density at radius 2 is 1.86 bits per heavy atom. The van der Waals surface area contributed by atoms with Crippen molar-refractivity contribution in [2.45, 2.75) is 65.2 Å². The fourth-order valence-corrected chi connectivity index (χ4v) is 6.10. The first-order chi connectivity index (χ1) is 9.95. The molecule has 2 nitrogen and oxygen atoms in total. The lowest BCUT2D eigenvalue weighted by Gasteiger charge is -2.54. The van der Waals surface area contributed by atoms with E-state index in [4.69, 9.17) is 0 Å². The molecule has 0 unspecified atom stereocenters. The highest BCUT2D eigenvalue weighted by Crippen LogP contribution is 2.62. The first kappa shape index (κ1) is 13.7. The molecule has 0 amide bonds. The van der Waals surface area contributed by atoms with Crippen LogP contribution >= 0.6 is 0 Å². The van der Waals surface area contributed by atoms with Crippen molar-refractivity contribution in [3.63, 3.8) is 0 Å². The third-order valence-corrected chi connectivity index (χ3v) is 7.55. The van der Waals surface area contributed by atoms with E-state index in [1.165, 1.54) is 12.8 Å². The van der Waals surface area contributed by atoms with Gasteiger partial charge in [0.25, 0.3) is 0 Å². The second kappa shape index (κ2) is 4.30. The fraction of sp³-hybridized carbons (Fsp3) is 0.789. The lowest BCUT2D eigenvalue weighted by molar-refractivity contribution is -0.128. The Labute approximate surface area is 127 Å². The van der Waals surface area contributed by atoms with Gasteiger partial charge in [0.05, 0.1) is 0 Å². The zero-order valence-corrected chi connectivity index (χ0v) is 13.3. The molecule has 0 spiro atoms. The molecule has 114 valence electrons. The Bertz CT molecular complexity index is 546. The number of carbonyl (C=O) groups is 2. The normalized spacial score (nSPS) is 49.2. The summed E-state index contributed by atoms with van der Waals surface area (Å²) in [5, 5.41) is 0. The van der Waals surface area contributed by atoms with E-state index in [1.54, 1.807) is 5.57 Å². The van der Waals surface area contributed by atoms with Gasteiger partial charge in [-0.05, 0) is 55.3 Å². The van der Waals surface area contributed by atoms with Crippen molar-refractivity contribution < 1.29 is 9.59 Å². The molecule has 0 aliphatic heterocycles. The van der Waals surface area contributed by atoms with Gasteiger partial charge in [-0.2, -0.15) is 0 Å². The molecule has 0 radical (unpaired) electrons. The van der Waals surface area contributed by atoms with Gasteiger partial charge in [-0.25, -0.2) is 0 Å². The van der Waals surface area contributed by atoms with Crippen LogP contribution in [0.2, 0.25) is 0 Å². The summed E-state index contributed by atoms with van der Waals surface area (Å²) in [7, 11) is 0. The van der Waals surface area contributed by atoms with Crippen molar-refractivity contribution in [2.75, 3.05) is 0 Å². The molecule has 21 heavy (non-hydrogen) atoms. The van der Waals surface area contributed by atoms with Gasteiger partial charge in [-0.3, -0.25) is 9.59 Å². The van der Waals surface area contributed by atoms with E-state index in [-0.39, 0.29) is 10.8 Å². The molecule has 5 atom stereocenters. The van der Waals surface area contributed by atoms with Crippen LogP contribution in [0.3, 0.4) is 0 Å². The minimum atomic E-state index is -0.0815. The topological polar surface area (TPSA) is 34.1 Å². The second-order valence-electron chi connectivity index (χ2n) is 8.39. The molecule has 4 rings (SSSR count). The van der Waals surface area contributed by atoms with Crippen molar-refractivity contribution in [1.82, 2.24) is 0 Å². The van der Waals surface area contributed by atoms with Crippen molar-refractivity contribution in [3.8, 4) is 0 Å². The Morgan fingerprint density at radius 1 is 1.05 bits per heavy atom. The maximum absolute atomic E-state index is 12.3. The van der Waals surface area contributed by atoms with Gasteiger partial charge in [-0.1, -0.05) is 25.5 Å². The van der Waals surface area contributed by atoms with Crippen LogP contribution in [0.4, 0.5) is 0 Å². The molecule has 0 aromatic heterocycles. The summed E-state index contributed by atoms with van der Waals surface area (Å²) in [6, 6.07) is 0. The van der Waals surface area contributed by atoms with Crippen LogP contribution in [0.1, 0.15) is 65.2 Å². The Morgan fingerprint density at radius 3 is 2.67 bits per heavy atom. The van der Waals surface area contributed by atoms with Crippen LogP contribution in [0.25, 0.3) is 0 Å². The van der Waals surface area contributed by atoms with E-state index in [0.717, 1.165) is 38.5 Å². The fourth-order valence-electron chi connectivity index (χ4n) is 6.10. The van der Waals surface area contributed by atoms with Crippen LogP contribution in [0.5, 0.6) is 0 Å². The van der Waals surface area contributed by atoms with Crippen LogP contribution in [-0.4, -0.2) is 11.6 Å². The Hall–Kier alpha value is -0.920. The highest BCUT2D eigenvalue weighted by molar-refractivity contribution is 5.87. The molecule has 0 aromatic carbocycles. The number of carbonyl (C=O) groups excluding carboxylic acids is 2. The summed E-state index contributed by atoms with van der Waals surface area (Å²) >= 11 is 0. The third kappa shape index (κ3) is 1.71. The molecule has 0 bridgehead atoms. The lowest BCUT2D eigenvalue weighted by atomic mass is 9.49. The van der Waals surface area contributed by atoms with E-state index in [1.807, 2.05) is 0 Å². The summed E-state index contributed by atoms with van der Waals surface area (Å²) in [6.07, 6.45) is 10.2. The van der Waals surface area contributed by atoms with Gasteiger partial charge in [-0.15, -0.1) is 0 Å². The number of fused-ring (bicyclic) bond motifs is 5. The van der Waals surface area contributed by atoms with E-state index in [0.29, 0.717) is 29.3 Å². The Kier molecular flexibility index (Phi) is 2.81.